The highest BCUT2D eigenvalue weighted by atomic mass is 32.2. The van der Waals surface area contributed by atoms with Crippen molar-refractivity contribution in [1.82, 2.24) is 3.97 Å². The molecule has 0 aliphatic rings. The summed E-state index contributed by atoms with van der Waals surface area (Å²) in [5.41, 5.74) is 1.54. The van der Waals surface area contributed by atoms with Crippen LogP contribution in [0.4, 0.5) is 0 Å². The number of methoxy groups -OCH3 is 2. The zero-order chi connectivity index (χ0) is 14.9. The van der Waals surface area contributed by atoms with E-state index in [9.17, 15) is 8.42 Å². The Kier molecular flexibility index (Phi) is 3.76. The van der Waals surface area contributed by atoms with Crippen LogP contribution in [0.5, 0.6) is 11.5 Å². The number of nitrogens with zero attached hydrogens (tertiary/aromatic N) is 1. The molecule has 0 amide bonds. The maximum atomic E-state index is 12.7. The van der Waals surface area contributed by atoms with Crippen molar-refractivity contribution in [1.29, 1.82) is 0 Å². The Morgan fingerprint density at radius 2 is 1.75 bits per heavy atom. The normalized spacial score (nSPS) is 11.4. The molecule has 1 aromatic heterocycles. The molecule has 0 fully saturated rings. The van der Waals surface area contributed by atoms with E-state index in [0.29, 0.717) is 11.4 Å². The van der Waals surface area contributed by atoms with Crippen LogP contribution >= 0.6 is 0 Å². The van der Waals surface area contributed by atoms with Gasteiger partial charge in [-0.3, -0.25) is 0 Å². The third kappa shape index (κ3) is 2.38. The quantitative estimate of drug-likeness (QED) is 0.869. The summed E-state index contributed by atoms with van der Waals surface area (Å²) in [7, 11) is -0.732. The van der Waals surface area contributed by atoms with Crippen LogP contribution in [-0.2, 0) is 10.0 Å². The summed E-state index contributed by atoms with van der Waals surface area (Å²) in [5.74, 6) is 0.802. The predicted molar refractivity (Wildman–Crippen MR) is 76.0 cm³/mol. The number of aromatic nitrogens is 1. The smallest absolute Gasteiger partial charge is 0.271 e. The molecule has 20 heavy (non-hydrogen) atoms. The summed E-state index contributed by atoms with van der Waals surface area (Å²) in [6, 6.07) is 6.45. The maximum absolute atomic E-state index is 12.7. The molecule has 0 spiro atoms. The van der Waals surface area contributed by atoms with E-state index < -0.39 is 10.0 Å². The Labute approximate surface area is 118 Å². The molecule has 0 N–H and O–H groups in total. The Bertz CT molecular complexity index is 732. The largest absolute Gasteiger partial charge is 0.497 e. The number of benzene rings is 1. The Morgan fingerprint density at radius 1 is 1.05 bits per heavy atom. The average Bonchev–Trinajstić information content (AvgIpc) is 2.77. The molecular weight excluding hydrogens is 278 g/mol. The first-order valence-corrected chi connectivity index (χ1v) is 7.47. The first-order chi connectivity index (χ1) is 9.40. The molecule has 108 valence electrons. The van der Waals surface area contributed by atoms with Gasteiger partial charge in [0.2, 0.25) is 0 Å². The zero-order valence-electron chi connectivity index (χ0n) is 11.9. The Balaban J connectivity index is 2.63. The minimum Gasteiger partial charge on any atom is -0.497 e. The first-order valence-electron chi connectivity index (χ1n) is 6.03. The molecule has 1 aromatic carbocycles. The van der Waals surface area contributed by atoms with Crippen LogP contribution in [0.15, 0.2) is 35.4 Å². The van der Waals surface area contributed by atoms with Gasteiger partial charge in [0.25, 0.3) is 10.0 Å². The highest BCUT2D eigenvalue weighted by Gasteiger charge is 2.23. The van der Waals surface area contributed by atoms with Crippen molar-refractivity contribution in [3.8, 4) is 11.5 Å². The fourth-order valence-electron chi connectivity index (χ4n) is 2.07. The van der Waals surface area contributed by atoms with E-state index in [1.165, 1.54) is 24.3 Å². The van der Waals surface area contributed by atoms with E-state index >= 15 is 0 Å². The van der Waals surface area contributed by atoms with Crippen LogP contribution in [0.25, 0.3) is 0 Å². The van der Waals surface area contributed by atoms with Gasteiger partial charge >= 0.3 is 0 Å². The van der Waals surface area contributed by atoms with Crippen LogP contribution in [-0.4, -0.2) is 26.6 Å². The standard InChI is InChI=1S/C14H17NO4S/c1-10-7-11(2)15(9-10)20(16,17)14-6-5-12(18-3)8-13(14)19-4/h5-9H,1-4H3. The highest BCUT2D eigenvalue weighted by molar-refractivity contribution is 7.90. The van der Waals surface area contributed by atoms with Crippen LogP contribution in [0.3, 0.4) is 0 Å². The van der Waals surface area contributed by atoms with Gasteiger partial charge in [0.1, 0.15) is 16.4 Å². The maximum Gasteiger partial charge on any atom is 0.271 e. The lowest BCUT2D eigenvalue weighted by Crippen LogP contribution is -2.14. The van der Waals surface area contributed by atoms with Gasteiger partial charge in [0, 0.05) is 18.0 Å². The second kappa shape index (κ2) is 5.20. The summed E-state index contributed by atoms with van der Waals surface area (Å²) in [6.45, 7) is 3.60. The summed E-state index contributed by atoms with van der Waals surface area (Å²) in [6.07, 6.45) is 1.59. The Hall–Kier alpha value is -1.95. The second-order valence-electron chi connectivity index (χ2n) is 4.48. The summed E-state index contributed by atoms with van der Waals surface area (Å²) in [5, 5.41) is 0. The van der Waals surface area contributed by atoms with Crippen LogP contribution < -0.4 is 9.47 Å². The van der Waals surface area contributed by atoms with Crippen molar-refractivity contribution in [2.75, 3.05) is 14.2 Å². The summed E-state index contributed by atoms with van der Waals surface area (Å²) < 4.78 is 36.9. The van der Waals surface area contributed by atoms with Gasteiger partial charge in [0.05, 0.1) is 14.2 Å². The lowest BCUT2D eigenvalue weighted by atomic mass is 10.3. The number of hydrogen-bond donors (Lipinski definition) is 0. The van der Waals surface area contributed by atoms with Gasteiger partial charge in [0.15, 0.2) is 0 Å². The van der Waals surface area contributed by atoms with E-state index in [0.717, 1.165) is 5.56 Å². The highest BCUT2D eigenvalue weighted by Crippen LogP contribution is 2.30. The molecule has 2 rings (SSSR count). The molecule has 2 aromatic rings. The third-order valence-corrected chi connectivity index (χ3v) is 4.82. The van der Waals surface area contributed by atoms with Crippen molar-refractivity contribution in [2.24, 2.45) is 0 Å². The van der Waals surface area contributed by atoms with Crippen molar-refractivity contribution < 1.29 is 17.9 Å². The van der Waals surface area contributed by atoms with E-state index in [1.54, 1.807) is 25.3 Å². The SMILES string of the molecule is COc1ccc(S(=O)(=O)n2cc(C)cc2C)c(OC)c1. The molecule has 1 heterocycles. The van der Waals surface area contributed by atoms with Crippen LogP contribution in [0, 0.1) is 13.8 Å². The van der Waals surface area contributed by atoms with Gasteiger partial charge in [-0.15, -0.1) is 0 Å². The van der Waals surface area contributed by atoms with Crippen molar-refractivity contribution in [3.63, 3.8) is 0 Å². The molecule has 0 aliphatic heterocycles. The van der Waals surface area contributed by atoms with Gasteiger partial charge in [-0.1, -0.05) is 0 Å². The molecule has 0 atom stereocenters. The number of aryl methyl sites for hydroxylation is 2. The minimum atomic E-state index is -3.68. The molecule has 0 aliphatic carbocycles. The molecule has 0 radical (unpaired) electrons. The summed E-state index contributed by atoms with van der Waals surface area (Å²) in [4.78, 5) is 0.111. The van der Waals surface area contributed by atoms with E-state index in [4.69, 9.17) is 9.47 Å². The fraction of sp³-hybridized carbons (Fsp3) is 0.286. The van der Waals surface area contributed by atoms with Crippen molar-refractivity contribution in [2.45, 2.75) is 18.7 Å². The van der Waals surface area contributed by atoms with Gasteiger partial charge in [-0.05, 0) is 37.6 Å². The topological polar surface area (TPSA) is 57.5 Å². The number of ether oxygens (including phenoxy) is 2. The van der Waals surface area contributed by atoms with Crippen LogP contribution in [0.2, 0.25) is 0 Å². The molecule has 0 bridgehead atoms. The van der Waals surface area contributed by atoms with E-state index in [2.05, 4.69) is 0 Å². The second-order valence-corrected chi connectivity index (χ2v) is 6.26. The zero-order valence-corrected chi connectivity index (χ0v) is 12.7. The number of rotatable bonds is 4. The Morgan fingerprint density at radius 3 is 2.25 bits per heavy atom. The van der Waals surface area contributed by atoms with Gasteiger partial charge in [-0.2, -0.15) is 0 Å². The average molecular weight is 295 g/mol. The van der Waals surface area contributed by atoms with Crippen molar-refractivity contribution >= 4 is 10.0 Å². The summed E-state index contributed by atoms with van der Waals surface area (Å²) >= 11 is 0. The molecule has 5 nitrogen and oxygen atoms in total. The lowest BCUT2D eigenvalue weighted by molar-refractivity contribution is 0.386. The molecule has 0 saturated heterocycles. The molecule has 6 heteroatoms. The predicted octanol–water partition coefficient (Wildman–Crippen LogP) is 2.36. The molecule has 0 saturated carbocycles. The van der Waals surface area contributed by atoms with Crippen molar-refractivity contribution in [3.05, 3.63) is 41.7 Å². The number of hydrogen-bond acceptors (Lipinski definition) is 4. The van der Waals surface area contributed by atoms with E-state index in [1.807, 2.05) is 13.0 Å². The lowest BCUT2D eigenvalue weighted by Gasteiger charge is -2.13. The molecular formula is C14H17NO4S. The molecule has 0 unspecified atom stereocenters. The van der Waals surface area contributed by atoms with Crippen LogP contribution in [0.1, 0.15) is 11.3 Å². The minimum absolute atomic E-state index is 0.111. The van der Waals surface area contributed by atoms with Gasteiger partial charge in [-0.25, -0.2) is 12.4 Å². The fourth-order valence-corrected chi connectivity index (χ4v) is 3.66. The third-order valence-electron chi connectivity index (χ3n) is 3.01. The van der Waals surface area contributed by atoms with E-state index in [-0.39, 0.29) is 10.6 Å². The first kappa shape index (κ1) is 14.5. The monoisotopic (exact) mass is 295 g/mol. The van der Waals surface area contributed by atoms with Gasteiger partial charge < -0.3 is 9.47 Å².